The van der Waals surface area contributed by atoms with Crippen molar-refractivity contribution in [2.24, 2.45) is 0 Å². The van der Waals surface area contributed by atoms with Gasteiger partial charge in [-0.1, -0.05) is 24.3 Å². The third-order valence-electron chi connectivity index (χ3n) is 2.94. The van der Waals surface area contributed by atoms with E-state index >= 15 is 0 Å². The summed E-state index contributed by atoms with van der Waals surface area (Å²) in [5, 5.41) is 10.8. The highest BCUT2D eigenvalue weighted by Crippen LogP contribution is 2.24. The summed E-state index contributed by atoms with van der Waals surface area (Å²) in [6, 6.07) is 0. The number of ether oxygens (including phenoxy) is 1. The number of carboxylic acid groups (broad SMARTS) is 1. The molecular weight excluding hydrogens is 315 g/mol. The van der Waals surface area contributed by atoms with Crippen molar-refractivity contribution in [2.75, 3.05) is 11.9 Å². The minimum absolute atomic E-state index is 0.00115. The summed E-state index contributed by atoms with van der Waals surface area (Å²) >= 11 is 0. The number of carbonyl (C=O) groups is 1. The molecule has 9 heteroatoms. The Morgan fingerprint density at radius 3 is 2.83 bits per heavy atom. The summed E-state index contributed by atoms with van der Waals surface area (Å²) in [7, 11) is 0. The maximum absolute atomic E-state index is 12.2. The van der Waals surface area contributed by atoms with Gasteiger partial charge in [0.05, 0.1) is 24.2 Å². The summed E-state index contributed by atoms with van der Waals surface area (Å²) in [4.78, 5) is 19.0. The van der Waals surface area contributed by atoms with Crippen LogP contribution < -0.4 is 5.32 Å². The fraction of sp³-hybridized carbons (Fsp3) is 0.357. The van der Waals surface area contributed by atoms with E-state index < -0.39 is 25.5 Å². The van der Waals surface area contributed by atoms with E-state index in [2.05, 4.69) is 14.7 Å². The van der Waals surface area contributed by atoms with Crippen molar-refractivity contribution in [3.05, 3.63) is 42.0 Å². The number of amides is 1. The molecule has 1 aliphatic rings. The number of allylic oxidation sites excluding steroid dienone is 4. The zero-order chi connectivity index (χ0) is 16.9. The highest BCUT2D eigenvalue weighted by atomic mass is 19.4. The second-order valence-electron chi connectivity index (χ2n) is 4.78. The number of nitrogens with zero attached hydrogens (tertiary/aromatic N) is 2. The minimum Gasteiger partial charge on any atom is -0.465 e. The van der Waals surface area contributed by atoms with Crippen molar-refractivity contribution >= 4 is 11.8 Å². The summed E-state index contributed by atoms with van der Waals surface area (Å²) in [6.07, 6.45) is 3.52. The van der Waals surface area contributed by atoms with E-state index in [1.807, 2.05) is 29.6 Å². The van der Waals surface area contributed by atoms with Crippen molar-refractivity contribution in [1.29, 1.82) is 0 Å². The standard InChI is InChI=1S/C14H14F3N3O3/c15-14(16,17)8-23-7-11-10(20-13(21)22)6-18-12(19-11)9-4-2-1-3-5-9/h1-4,6,9,20H,5,7-8H2,(H,21,22). The van der Waals surface area contributed by atoms with Gasteiger partial charge in [0.2, 0.25) is 0 Å². The van der Waals surface area contributed by atoms with E-state index in [-0.39, 0.29) is 17.3 Å². The quantitative estimate of drug-likeness (QED) is 0.866. The van der Waals surface area contributed by atoms with Crippen LogP contribution in [0.5, 0.6) is 0 Å². The first kappa shape index (κ1) is 16.9. The van der Waals surface area contributed by atoms with Gasteiger partial charge in [-0.2, -0.15) is 13.2 Å². The molecule has 0 saturated carbocycles. The molecule has 0 fully saturated rings. The van der Waals surface area contributed by atoms with E-state index in [9.17, 15) is 18.0 Å². The number of halogens is 3. The van der Waals surface area contributed by atoms with Crippen LogP contribution in [0.25, 0.3) is 0 Å². The Morgan fingerprint density at radius 1 is 1.43 bits per heavy atom. The molecule has 2 rings (SSSR count). The average Bonchev–Trinajstić information content (AvgIpc) is 2.48. The number of aromatic nitrogens is 2. The first-order valence-electron chi connectivity index (χ1n) is 6.69. The lowest BCUT2D eigenvalue weighted by Gasteiger charge is -2.15. The lowest BCUT2D eigenvalue weighted by atomic mass is 10.00. The fourth-order valence-electron chi connectivity index (χ4n) is 1.98. The van der Waals surface area contributed by atoms with Gasteiger partial charge in [0.15, 0.2) is 0 Å². The van der Waals surface area contributed by atoms with E-state index in [4.69, 9.17) is 5.11 Å². The molecule has 0 spiro atoms. The molecule has 1 amide bonds. The van der Waals surface area contributed by atoms with Gasteiger partial charge in [-0.3, -0.25) is 5.32 Å². The number of hydrogen-bond acceptors (Lipinski definition) is 4. The lowest BCUT2D eigenvalue weighted by molar-refractivity contribution is -0.176. The van der Waals surface area contributed by atoms with E-state index in [1.165, 1.54) is 6.20 Å². The highest BCUT2D eigenvalue weighted by molar-refractivity contribution is 5.83. The molecule has 2 N–H and O–H groups in total. The SMILES string of the molecule is O=C(O)Nc1cnc(C2C=CC=CC2)nc1COCC(F)(F)F. The van der Waals surface area contributed by atoms with Crippen LogP contribution in [0, 0.1) is 0 Å². The predicted octanol–water partition coefficient (Wildman–Crippen LogP) is 3.25. The summed E-state index contributed by atoms with van der Waals surface area (Å²) in [5.74, 6) is 0.285. The average molecular weight is 329 g/mol. The molecule has 1 heterocycles. The molecule has 1 atom stereocenters. The van der Waals surface area contributed by atoms with Crippen molar-refractivity contribution in [3.8, 4) is 0 Å². The summed E-state index contributed by atoms with van der Waals surface area (Å²) in [6.45, 7) is -1.91. The first-order chi connectivity index (χ1) is 10.8. The van der Waals surface area contributed by atoms with Crippen LogP contribution in [0.4, 0.5) is 23.7 Å². The second kappa shape index (κ2) is 7.23. The number of alkyl halides is 3. The van der Waals surface area contributed by atoms with Crippen molar-refractivity contribution in [1.82, 2.24) is 9.97 Å². The summed E-state index contributed by atoms with van der Waals surface area (Å²) < 4.78 is 41.0. The van der Waals surface area contributed by atoms with Crippen LogP contribution in [0.15, 0.2) is 30.5 Å². The maximum Gasteiger partial charge on any atom is 0.411 e. The van der Waals surface area contributed by atoms with Crippen LogP contribution in [0.3, 0.4) is 0 Å². The Hall–Kier alpha value is -2.42. The molecule has 1 aromatic heterocycles. The number of anilines is 1. The van der Waals surface area contributed by atoms with E-state index in [0.29, 0.717) is 12.2 Å². The monoisotopic (exact) mass is 329 g/mol. The molecule has 1 aromatic rings. The lowest BCUT2D eigenvalue weighted by Crippen LogP contribution is -2.19. The molecular formula is C14H14F3N3O3. The number of hydrogen-bond donors (Lipinski definition) is 2. The Balaban J connectivity index is 2.17. The third-order valence-corrected chi connectivity index (χ3v) is 2.94. The van der Waals surface area contributed by atoms with Gasteiger partial charge in [0.25, 0.3) is 0 Å². The molecule has 1 unspecified atom stereocenters. The third kappa shape index (κ3) is 5.37. The maximum atomic E-state index is 12.2. The van der Waals surface area contributed by atoms with Gasteiger partial charge in [0.1, 0.15) is 12.4 Å². The van der Waals surface area contributed by atoms with Gasteiger partial charge >= 0.3 is 12.3 Å². The van der Waals surface area contributed by atoms with Crippen LogP contribution in [-0.4, -0.2) is 34.0 Å². The molecule has 6 nitrogen and oxygen atoms in total. The first-order valence-corrected chi connectivity index (χ1v) is 6.69. The molecule has 1 aliphatic carbocycles. The second-order valence-corrected chi connectivity index (χ2v) is 4.78. The van der Waals surface area contributed by atoms with Crippen molar-refractivity contribution in [2.45, 2.75) is 25.1 Å². The highest BCUT2D eigenvalue weighted by Gasteiger charge is 2.27. The van der Waals surface area contributed by atoms with Crippen LogP contribution in [0.2, 0.25) is 0 Å². The van der Waals surface area contributed by atoms with Gasteiger partial charge in [0, 0.05) is 5.92 Å². The normalized spacial score (nSPS) is 17.3. The van der Waals surface area contributed by atoms with E-state index in [0.717, 1.165) is 0 Å². The van der Waals surface area contributed by atoms with Crippen LogP contribution in [-0.2, 0) is 11.3 Å². The number of nitrogens with one attached hydrogen (secondary N) is 1. The van der Waals surface area contributed by atoms with Gasteiger partial charge in [-0.25, -0.2) is 14.8 Å². The number of rotatable bonds is 5. The zero-order valence-corrected chi connectivity index (χ0v) is 11.9. The minimum atomic E-state index is -4.47. The molecule has 124 valence electrons. The molecule has 0 aromatic carbocycles. The van der Waals surface area contributed by atoms with Crippen LogP contribution >= 0.6 is 0 Å². The topological polar surface area (TPSA) is 84.3 Å². The predicted molar refractivity (Wildman–Crippen MR) is 75.0 cm³/mol. The molecule has 0 saturated heterocycles. The molecule has 23 heavy (non-hydrogen) atoms. The van der Waals surface area contributed by atoms with Crippen LogP contribution in [0.1, 0.15) is 23.9 Å². The Bertz CT molecular complexity index is 629. The molecule has 0 bridgehead atoms. The van der Waals surface area contributed by atoms with Gasteiger partial charge in [-0.05, 0) is 6.42 Å². The summed E-state index contributed by atoms with van der Waals surface area (Å²) in [5.41, 5.74) is 0.0587. The molecule has 0 radical (unpaired) electrons. The smallest absolute Gasteiger partial charge is 0.411 e. The van der Waals surface area contributed by atoms with E-state index in [1.54, 1.807) is 0 Å². The molecule has 0 aliphatic heterocycles. The Labute approximate surface area is 129 Å². The van der Waals surface area contributed by atoms with Crippen molar-refractivity contribution in [3.63, 3.8) is 0 Å². The van der Waals surface area contributed by atoms with Crippen molar-refractivity contribution < 1.29 is 27.8 Å². The Kier molecular flexibility index (Phi) is 5.32. The largest absolute Gasteiger partial charge is 0.465 e. The zero-order valence-electron chi connectivity index (χ0n) is 11.9. The Morgan fingerprint density at radius 2 is 2.22 bits per heavy atom. The fourth-order valence-corrected chi connectivity index (χ4v) is 1.98. The van der Waals surface area contributed by atoms with Gasteiger partial charge < -0.3 is 9.84 Å². The van der Waals surface area contributed by atoms with Gasteiger partial charge in [-0.15, -0.1) is 0 Å².